The van der Waals surface area contributed by atoms with Gasteiger partial charge in [-0.05, 0) is 26.7 Å². The fraction of sp³-hybridized carbons (Fsp3) is 0.909. The second kappa shape index (κ2) is 6.70. The van der Waals surface area contributed by atoms with E-state index in [0.717, 1.165) is 25.9 Å². The van der Waals surface area contributed by atoms with Crippen LogP contribution in [-0.4, -0.2) is 54.5 Å². The summed E-state index contributed by atoms with van der Waals surface area (Å²) in [7, 11) is 0. The monoisotopic (exact) mass is 230 g/mol. The third-order valence-electron chi connectivity index (χ3n) is 2.59. The maximum atomic E-state index is 11.7. The largest absolute Gasteiger partial charge is 0.394 e. The van der Waals surface area contributed by atoms with E-state index in [4.69, 9.17) is 9.84 Å². The smallest absolute Gasteiger partial charge is 0.317 e. The summed E-state index contributed by atoms with van der Waals surface area (Å²) in [6, 6.07) is 0.187. The number of nitrogens with one attached hydrogen (secondary N) is 1. The third kappa shape index (κ3) is 4.37. The molecule has 0 aromatic rings. The number of hydrogen-bond acceptors (Lipinski definition) is 3. The number of aliphatic hydroxyl groups is 1. The first-order chi connectivity index (χ1) is 7.63. The van der Waals surface area contributed by atoms with E-state index in [0.29, 0.717) is 6.61 Å². The lowest BCUT2D eigenvalue weighted by Gasteiger charge is -2.32. The Morgan fingerprint density at radius 2 is 2.12 bits per heavy atom. The Morgan fingerprint density at radius 1 is 1.50 bits per heavy atom. The zero-order chi connectivity index (χ0) is 12.0. The van der Waals surface area contributed by atoms with Gasteiger partial charge >= 0.3 is 6.03 Å². The van der Waals surface area contributed by atoms with Crippen LogP contribution in [0.2, 0.25) is 0 Å². The minimum absolute atomic E-state index is 0.00982. The van der Waals surface area contributed by atoms with Crippen LogP contribution in [0.3, 0.4) is 0 Å². The second-order valence-corrected chi connectivity index (χ2v) is 4.38. The number of hydrogen-bond donors (Lipinski definition) is 2. The predicted octanol–water partition coefficient (Wildman–Crippen LogP) is 0.578. The molecule has 2 N–H and O–H groups in total. The number of amides is 2. The van der Waals surface area contributed by atoms with Crippen LogP contribution in [-0.2, 0) is 4.74 Å². The van der Waals surface area contributed by atoms with E-state index in [-0.39, 0.29) is 24.8 Å². The number of carbonyl (C=O) groups excluding carboxylic acids is 1. The average molecular weight is 230 g/mol. The highest BCUT2D eigenvalue weighted by molar-refractivity contribution is 5.74. The van der Waals surface area contributed by atoms with Crippen LogP contribution in [0.4, 0.5) is 4.79 Å². The molecule has 5 nitrogen and oxygen atoms in total. The molecule has 0 aromatic heterocycles. The number of nitrogens with zero attached hydrogens (tertiary/aromatic N) is 1. The number of likely N-dealkylation sites (tertiary alicyclic amines) is 1. The predicted molar refractivity (Wildman–Crippen MR) is 61.3 cm³/mol. The molecule has 0 aliphatic carbocycles. The highest BCUT2D eigenvalue weighted by Crippen LogP contribution is 2.13. The van der Waals surface area contributed by atoms with Gasteiger partial charge in [-0.1, -0.05) is 0 Å². The summed E-state index contributed by atoms with van der Waals surface area (Å²) in [5, 5.41) is 11.5. The van der Waals surface area contributed by atoms with Gasteiger partial charge in [0, 0.05) is 19.1 Å². The van der Waals surface area contributed by atoms with Gasteiger partial charge in [0.1, 0.15) is 0 Å². The van der Waals surface area contributed by atoms with Gasteiger partial charge in [-0.3, -0.25) is 0 Å². The first-order valence-electron chi connectivity index (χ1n) is 5.91. The topological polar surface area (TPSA) is 61.8 Å². The number of ether oxygens (including phenoxy) is 1. The molecule has 1 rings (SSSR count). The van der Waals surface area contributed by atoms with Gasteiger partial charge in [0.25, 0.3) is 0 Å². The van der Waals surface area contributed by atoms with Crippen molar-refractivity contribution in [3.63, 3.8) is 0 Å². The molecule has 0 atom stereocenters. The Bertz CT molecular complexity index is 213. The lowest BCUT2D eigenvalue weighted by molar-refractivity contribution is -0.00176. The van der Waals surface area contributed by atoms with Gasteiger partial charge < -0.3 is 20.1 Å². The van der Waals surface area contributed by atoms with Crippen molar-refractivity contribution in [1.29, 1.82) is 0 Å². The van der Waals surface area contributed by atoms with Crippen molar-refractivity contribution in [3.8, 4) is 0 Å². The Labute approximate surface area is 96.8 Å². The van der Waals surface area contributed by atoms with Gasteiger partial charge in [0.15, 0.2) is 0 Å². The summed E-state index contributed by atoms with van der Waals surface area (Å²) in [4.78, 5) is 13.5. The van der Waals surface area contributed by atoms with Crippen LogP contribution in [0.1, 0.15) is 26.7 Å². The summed E-state index contributed by atoms with van der Waals surface area (Å²) in [6.45, 7) is 5.82. The van der Waals surface area contributed by atoms with E-state index in [9.17, 15) is 4.79 Å². The molecule has 1 heterocycles. The van der Waals surface area contributed by atoms with Crippen molar-refractivity contribution in [3.05, 3.63) is 0 Å². The highest BCUT2D eigenvalue weighted by Gasteiger charge is 2.23. The van der Waals surface area contributed by atoms with E-state index in [1.165, 1.54) is 0 Å². The fourth-order valence-electron chi connectivity index (χ4n) is 1.78. The van der Waals surface area contributed by atoms with Crippen molar-refractivity contribution in [2.45, 2.75) is 38.8 Å². The van der Waals surface area contributed by atoms with Gasteiger partial charge in [-0.2, -0.15) is 0 Å². The molecule has 0 bridgehead atoms. The molecular formula is C11H22N2O3. The van der Waals surface area contributed by atoms with Crippen LogP contribution >= 0.6 is 0 Å². The van der Waals surface area contributed by atoms with Gasteiger partial charge in [0.05, 0.1) is 19.3 Å². The van der Waals surface area contributed by atoms with Crippen molar-refractivity contribution >= 4 is 6.03 Å². The highest BCUT2D eigenvalue weighted by atomic mass is 16.5. The molecule has 1 fully saturated rings. The Hall–Kier alpha value is -0.810. The standard InChI is InChI=1S/C11H22N2O3/c1-9(2)12-11(15)13-5-3-10(4-6-13)16-8-7-14/h9-10,14H,3-8H2,1-2H3,(H,12,15). The molecular weight excluding hydrogens is 208 g/mol. The molecule has 5 heteroatoms. The molecule has 1 aliphatic heterocycles. The summed E-state index contributed by atoms with van der Waals surface area (Å²) in [6.07, 6.45) is 1.90. The zero-order valence-electron chi connectivity index (χ0n) is 10.1. The molecule has 1 aliphatic rings. The van der Waals surface area contributed by atoms with E-state index in [1.54, 1.807) is 0 Å². The van der Waals surface area contributed by atoms with E-state index < -0.39 is 0 Å². The number of urea groups is 1. The number of rotatable bonds is 4. The second-order valence-electron chi connectivity index (χ2n) is 4.38. The van der Waals surface area contributed by atoms with Crippen LogP contribution in [0.5, 0.6) is 0 Å². The van der Waals surface area contributed by atoms with Gasteiger partial charge in [-0.15, -0.1) is 0 Å². The molecule has 16 heavy (non-hydrogen) atoms. The maximum Gasteiger partial charge on any atom is 0.317 e. The molecule has 0 spiro atoms. The molecule has 2 amide bonds. The third-order valence-corrected chi connectivity index (χ3v) is 2.59. The molecule has 1 saturated heterocycles. The minimum atomic E-state index is 0.00982. The van der Waals surface area contributed by atoms with Crippen LogP contribution < -0.4 is 5.32 Å². The van der Waals surface area contributed by atoms with E-state index in [2.05, 4.69) is 5.32 Å². The SMILES string of the molecule is CC(C)NC(=O)N1CCC(OCCO)CC1. The molecule has 0 unspecified atom stereocenters. The number of aliphatic hydroxyl groups excluding tert-OH is 1. The number of piperidine rings is 1. The van der Waals surface area contributed by atoms with Crippen LogP contribution in [0.25, 0.3) is 0 Å². The average Bonchev–Trinajstić information content (AvgIpc) is 2.26. The van der Waals surface area contributed by atoms with Gasteiger partial charge in [-0.25, -0.2) is 4.79 Å². The maximum absolute atomic E-state index is 11.7. The Morgan fingerprint density at radius 3 is 2.62 bits per heavy atom. The number of carbonyl (C=O) groups is 1. The molecule has 0 radical (unpaired) electrons. The Kier molecular flexibility index (Phi) is 5.55. The molecule has 0 saturated carbocycles. The quantitative estimate of drug-likeness (QED) is 0.742. The van der Waals surface area contributed by atoms with Crippen LogP contribution in [0, 0.1) is 0 Å². The lowest BCUT2D eigenvalue weighted by atomic mass is 10.1. The summed E-state index contributed by atoms with van der Waals surface area (Å²) < 4.78 is 5.43. The van der Waals surface area contributed by atoms with E-state index >= 15 is 0 Å². The van der Waals surface area contributed by atoms with Crippen molar-refractivity contribution in [1.82, 2.24) is 10.2 Å². The van der Waals surface area contributed by atoms with Crippen molar-refractivity contribution in [2.75, 3.05) is 26.3 Å². The zero-order valence-corrected chi connectivity index (χ0v) is 10.1. The first-order valence-corrected chi connectivity index (χ1v) is 5.91. The Balaban J connectivity index is 2.23. The van der Waals surface area contributed by atoms with Crippen LogP contribution in [0.15, 0.2) is 0 Å². The normalized spacial score (nSPS) is 17.9. The lowest BCUT2D eigenvalue weighted by Crippen LogP contribution is -2.47. The molecule has 94 valence electrons. The minimum Gasteiger partial charge on any atom is -0.394 e. The summed E-state index contributed by atoms with van der Waals surface area (Å²) >= 11 is 0. The summed E-state index contributed by atoms with van der Waals surface area (Å²) in [5.74, 6) is 0. The summed E-state index contributed by atoms with van der Waals surface area (Å²) in [5.41, 5.74) is 0. The molecule has 0 aromatic carbocycles. The van der Waals surface area contributed by atoms with Crippen molar-refractivity contribution in [2.24, 2.45) is 0 Å². The van der Waals surface area contributed by atoms with E-state index in [1.807, 2.05) is 18.7 Å². The fourth-order valence-corrected chi connectivity index (χ4v) is 1.78. The van der Waals surface area contributed by atoms with Crippen molar-refractivity contribution < 1.29 is 14.6 Å². The van der Waals surface area contributed by atoms with Gasteiger partial charge in [0.2, 0.25) is 0 Å². The first kappa shape index (κ1) is 13.3.